The van der Waals surface area contributed by atoms with Gasteiger partial charge in [0.05, 0.1) is 5.52 Å². The van der Waals surface area contributed by atoms with Crippen LogP contribution in [0.3, 0.4) is 0 Å². The van der Waals surface area contributed by atoms with Crippen LogP contribution >= 0.6 is 12.4 Å². The summed E-state index contributed by atoms with van der Waals surface area (Å²) in [4.78, 5) is 31.9. The van der Waals surface area contributed by atoms with Crippen molar-refractivity contribution < 1.29 is 18.0 Å². The molecular formula is C28H26ClF2N3O3. The second-order valence-corrected chi connectivity index (χ2v) is 9.68. The van der Waals surface area contributed by atoms with Gasteiger partial charge in [0.15, 0.2) is 5.58 Å². The molecule has 0 unspecified atom stereocenters. The van der Waals surface area contributed by atoms with Crippen molar-refractivity contribution in [2.75, 3.05) is 19.6 Å². The molecule has 3 aliphatic rings. The Bertz CT molecular complexity index is 1490. The molecule has 192 valence electrons. The maximum atomic E-state index is 15.1. The van der Waals surface area contributed by atoms with E-state index in [1.165, 1.54) is 30.3 Å². The van der Waals surface area contributed by atoms with E-state index in [1.807, 2.05) is 6.07 Å². The van der Waals surface area contributed by atoms with E-state index in [0.717, 1.165) is 43.6 Å². The number of fused-ring (bicyclic) bond motifs is 4. The maximum Gasteiger partial charge on any atom is 0.417 e. The minimum absolute atomic E-state index is 0. The second kappa shape index (κ2) is 10.1. The fraction of sp³-hybridized carbons (Fsp3) is 0.286. The lowest BCUT2D eigenvalue weighted by Gasteiger charge is -2.49. The number of nitrogens with zero attached hydrogens (tertiary/aromatic N) is 2. The van der Waals surface area contributed by atoms with Crippen molar-refractivity contribution in [3.8, 4) is 11.1 Å². The molecule has 4 heterocycles. The van der Waals surface area contributed by atoms with Crippen LogP contribution in [0.1, 0.15) is 28.8 Å². The van der Waals surface area contributed by atoms with E-state index in [0.29, 0.717) is 28.1 Å². The zero-order valence-corrected chi connectivity index (χ0v) is 20.8. The van der Waals surface area contributed by atoms with Crippen molar-refractivity contribution >= 4 is 29.4 Å². The summed E-state index contributed by atoms with van der Waals surface area (Å²) in [7, 11) is 0. The zero-order chi connectivity index (χ0) is 24.8. The smallest absolute Gasteiger partial charge is 0.408 e. The van der Waals surface area contributed by atoms with Gasteiger partial charge < -0.3 is 14.2 Å². The van der Waals surface area contributed by atoms with Crippen LogP contribution in [0.15, 0.2) is 69.9 Å². The van der Waals surface area contributed by atoms with Crippen LogP contribution < -0.4 is 5.76 Å². The molecule has 1 amide bonds. The third-order valence-electron chi connectivity index (χ3n) is 7.51. The SMILES string of the molecule is Cl.O=C(c1ccc(F)cc1)N(Cc1cc(-c2ccc3[nH]c(=O)oc3c2)ccc1F)[C@H]1CN2CCC1CC2. The number of nitrogens with one attached hydrogen (secondary N) is 1. The summed E-state index contributed by atoms with van der Waals surface area (Å²) in [5, 5.41) is 0. The molecule has 3 aromatic carbocycles. The highest BCUT2D eigenvalue weighted by atomic mass is 35.5. The number of benzene rings is 3. The molecule has 7 rings (SSSR count). The number of halogens is 3. The Morgan fingerprint density at radius 2 is 1.70 bits per heavy atom. The summed E-state index contributed by atoms with van der Waals surface area (Å²) < 4.78 is 33.8. The lowest BCUT2D eigenvalue weighted by atomic mass is 9.82. The van der Waals surface area contributed by atoms with Gasteiger partial charge in [-0.2, -0.15) is 0 Å². The number of piperidine rings is 3. The van der Waals surface area contributed by atoms with Gasteiger partial charge in [-0.15, -0.1) is 12.4 Å². The molecule has 1 aromatic heterocycles. The topological polar surface area (TPSA) is 69.5 Å². The lowest BCUT2D eigenvalue weighted by molar-refractivity contribution is 0.00434. The van der Waals surface area contributed by atoms with Crippen LogP contribution in [0.4, 0.5) is 8.78 Å². The van der Waals surface area contributed by atoms with E-state index in [4.69, 9.17) is 4.42 Å². The first-order valence-electron chi connectivity index (χ1n) is 12.2. The van der Waals surface area contributed by atoms with Crippen LogP contribution in [-0.2, 0) is 6.54 Å². The predicted octanol–water partition coefficient (Wildman–Crippen LogP) is 5.22. The Balaban J connectivity index is 0.00000280. The quantitative estimate of drug-likeness (QED) is 0.387. The number of H-pyrrole nitrogens is 1. The van der Waals surface area contributed by atoms with Crippen molar-refractivity contribution in [3.05, 3.63) is 94.0 Å². The summed E-state index contributed by atoms with van der Waals surface area (Å²) in [5.74, 6) is -1.21. The Hall–Kier alpha value is -3.49. The summed E-state index contributed by atoms with van der Waals surface area (Å²) in [6.07, 6.45) is 2.00. The second-order valence-electron chi connectivity index (χ2n) is 9.68. The molecule has 0 spiro atoms. The fourth-order valence-corrected chi connectivity index (χ4v) is 5.57. The first kappa shape index (κ1) is 25.2. The van der Waals surface area contributed by atoms with Gasteiger partial charge in [-0.3, -0.25) is 9.78 Å². The predicted molar refractivity (Wildman–Crippen MR) is 139 cm³/mol. The zero-order valence-electron chi connectivity index (χ0n) is 20.0. The number of carbonyl (C=O) groups is 1. The average molecular weight is 526 g/mol. The van der Waals surface area contributed by atoms with E-state index in [2.05, 4.69) is 9.88 Å². The number of aromatic amines is 1. The summed E-state index contributed by atoms with van der Waals surface area (Å²) in [5.41, 5.74) is 3.31. The highest BCUT2D eigenvalue weighted by Crippen LogP contribution is 2.34. The molecule has 3 saturated heterocycles. The van der Waals surface area contributed by atoms with E-state index in [9.17, 15) is 14.0 Å². The Morgan fingerprint density at radius 1 is 1.00 bits per heavy atom. The molecule has 0 radical (unpaired) electrons. The molecule has 3 aliphatic heterocycles. The molecule has 6 nitrogen and oxygen atoms in total. The number of hydrogen-bond donors (Lipinski definition) is 1. The van der Waals surface area contributed by atoms with Gasteiger partial charge in [0.25, 0.3) is 5.91 Å². The van der Waals surface area contributed by atoms with Crippen LogP contribution in [0.5, 0.6) is 0 Å². The molecular weight excluding hydrogens is 500 g/mol. The Morgan fingerprint density at radius 3 is 2.41 bits per heavy atom. The monoisotopic (exact) mass is 525 g/mol. The third kappa shape index (κ3) is 4.91. The first-order chi connectivity index (χ1) is 17.4. The highest BCUT2D eigenvalue weighted by molar-refractivity contribution is 5.94. The van der Waals surface area contributed by atoms with E-state index < -0.39 is 17.4 Å². The molecule has 2 bridgehead atoms. The van der Waals surface area contributed by atoms with Gasteiger partial charge >= 0.3 is 5.76 Å². The van der Waals surface area contributed by atoms with E-state index in [1.54, 1.807) is 29.2 Å². The number of hydrogen-bond acceptors (Lipinski definition) is 4. The summed E-state index contributed by atoms with van der Waals surface area (Å²) in [6, 6.07) is 15.6. The number of carbonyl (C=O) groups excluding carboxylic acids is 1. The van der Waals surface area contributed by atoms with Gasteiger partial charge in [-0.1, -0.05) is 12.1 Å². The first-order valence-corrected chi connectivity index (χ1v) is 12.2. The largest absolute Gasteiger partial charge is 0.417 e. The molecule has 4 aromatic rings. The van der Waals surface area contributed by atoms with E-state index >= 15 is 4.39 Å². The standard InChI is InChI=1S/C28H25F2N3O3.ClH/c29-22-5-1-18(2-6-22)27(34)33(25-16-32-11-9-17(25)10-12-32)15-21-13-19(3-7-23(21)30)20-4-8-24-26(14-20)36-28(35)31-24;/h1-8,13-14,17,25H,9-12,15-16H2,(H,31,35);1H/t25-;/m0./s1. The molecule has 1 N–H and O–H groups in total. The van der Waals surface area contributed by atoms with Crippen molar-refractivity contribution in [1.29, 1.82) is 0 Å². The maximum absolute atomic E-state index is 15.1. The van der Waals surface area contributed by atoms with Crippen LogP contribution in [-0.4, -0.2) is 46.4 Å². The molecule has 9 heteroatoms. The van der Waals surface area contributed by atoms with Gasteiger partial charge in [-0.05, 0) is 91.5 Å². The summed E-state index contributed by atoms with van der Waals surface area (Å²) in [6.45, 7) is 2.89. The van der Waals surface area contributed by atoms with Crippen LogP contribution in [0.25, 0.3) is 22.2 Å². The summed E-state index contributed by atoms with van der Waals surface area (Å²) >= 11 is 0. The van der Waals surface area contributed by atoms with Crippen molar-refractivity contribution in [2.24, 2.45) is 5.92 Å². The Labute approximate surface area is 218 Å². The molecule has 0 aliphatic carbocycles. The minimum atomic E-state index is -0.533. The van der Waals surface area contributed by atoms with Gasteiger partial charge in [0, 0.05) is 30.3 Å². The van der Waals surface area contributed by atoms with Gasteiger partial charge in [-0.25, -0.2) is 13.6 Å². The third-order valence-corrected chi connectivity index (χ3v) is 7.51. The lowest BCUT2D eigenvalue weighted by Crippen LogP contribution is -2.58. The van der Waals surface area contributed by atoms with Crippen molar-refractivity contribution in [3.63, 3.8) is 0 Å². The molecule has 37 heavy (non-hydrogen) atoms. The molecule has 0 saturated carbocycles. The number of aromatic nitrogens is 1. The van der Waals surface area contributed by atoms with E-state index in [-0.39, 0.29) is 30.9 Å². The van der Waals surface area contributed by atoms with Crippen LogP contribution in [0, 0.1) is 17.6 Å². The highest BCUT2D eigenvalue weighted by Gasteiger charge is 2.39. The number of amides is 1. The molecule has 3 fully saturated rings. The van der Waals surface area contributed by atoms with Gasteiger partial charge in [0.2, 0.25) is 0 Å². The average Bonchev–Trinajstić information content (AvgIpc) is 3.28. The molecule has 1 atom stereocenters. The normalized spacial score (nSPS) is 20.5. The van der Waals surface area contributed by atoms with Gasteiger partial charge in [0.1, 0.15) is 11.6 Å². The Kier molecular flexibility index (Phi) is 6.88. The number of oxazole rings is 1. The van der Waals surface area contributed by atoms with Crippen molar-refractivity contribution in [2.45, 2.75) is 25.4 Å². The minimum Gasteiger partial charge on any atom is -0.408 e. The number of rotatable bonds is 5. The van der Waals surface area contributed by atoms with Crippen molar-refractivity contribution in [1.82, 2.24) is 14.8 Å². The fourth-order valence-electron chi connectivity index (χ4n) is 5.57. The van der Waals surface area contributed by atoms with Crippen LogP contribution in [0.2, 0.25) is 0 Å².